The van der Waals surface area contributed by atoms with Gasteiger partial charge in [-0.05, 0) is 44.3 Å². The highest BCUT2D eigenvalue weighted by Crippen LogP contribution is 2.24. The van der Waals surface area contributed by atoms with E-state index in [2.05, 4.69) is 40.1 Å². The van der Waals surface area contributed by atoms with Crippen molar-refractivity contribution in [2.24, 2.45) is 0 Å². The van der Waals surface area contributed by atoms with E-state index in [1.165, 1.54) is 50.8 Å². The molecule has 0 radical (unpaired) electrons. The summed E-state index contributed by atoms with van der Waals surface area (Å²) in [4.78, 5) is 5.18. The Kier molecular flexibility index (Phi) is 5.28. The molecule has 3 heteroatoms. The summed E-state index contributed by atoms with van der Waals surface area (Å²) in [5, 5.41) is 9.51. The van der Waals surface area contributed by atoms with Crippen molar-refractivity contribution in [2.75, 3.05) is 26.2 Å². The van der Waals surface area contributed by atoms with Crippen molar-refractivity contribution in [2.45, 2.75) is 50.7 Å². The molecule has 1 N–H and O–H groups in total. The Balaban J connectivity index is 1.61. The number of aliphatic hydroxyl groups excluding tert-OH is 1. The van der Waals surface area contributed by atoms with Crippen LogP contribution in [-0.4, -0.2) is 53.2 Å². The zero-order valence-electron chi connectivity index (χ0n) is 13.0. The standard InChI is InChI=1S/C18H28N2O/c21-15-18-10-6-12-20(18)14-17-9-4-5-11-19(17)13-16-7-2-1-3-8-16/h1-3,7-8,17-18,21H,4-6,9-15H2/t17-,18-/m0/s1. The van der Waals surface area contributed by atoms with Gasteiger partial charge in [0.15, 0.2) is 0 Å². The number of hydrogen-bond donors (Lipinski definition) is 1. The Hall–Kier alpha value is -0.900. The fourth-order valence-electron chi connectivity index (χ4n) is 3.91. The van der Waals surface area contributed by atoms with Crippen LogP contribution in [0.25, 0.3) is 0 Å². The van der Waals surface area contributed by atoms with Crippen LogP contribution in [-0.2, 0) is 6.54 Å². The Morgan fingerprint density at radius 1 is 0.905 bits per heavy atom. The zero-order valence-corrected chi connectivity index (χ0v) is 13.0. The second-order valence-corrected chi connectivity index (χ2v) is 6.58. The molecule has 0 aliphatic carbocycles. The molecule has 2 heterocycles. The smallest absolute Gasteiger partial charge is 0.0586 e. The summed E-state index contributed by atoms with van der Waals surface area (Å²) >= 11 is 0. The van der Waals surface area contributed by atoms with E-state index in [9.17, 15) is 5.11 Å². The van der Waals surface area contributed by atoms with E-state index in [4.69, 9.17) is 0 Å². The first-order valence-corrected chi connectivity index (χ1v) is 8.49. The third kappa shape index (κ3) is 3.85. The molecule has 21 heavy (non-hydrogen) atoms. The lowest BCUT2D eigenvalue weighted by Gasteiger charge is -2.39. The molecule has 2 fully saturated rings. The summed E-state index contributed by atoms with van der Waals surface area (Å²) in [5.41, 5.74) is 1.42. The van der Waals surface area contributed by atoms with E-state index >= 15 is 0 Å². The maximum Gasteiger partial charge on any atom is 0.0586 e. The lowest BCUT2D eigenvalue weighted by molar-refractivity contribution is 0.0779. The molecule has 2 saturated heterocycles. The molecule has 3 nitrogen and oxygen atoms in total. The number of likely N-dealkylation sites (tertiary alicyclic amines) is 2. The fraction of sp³-hybridized carbons (Fsp3) is 0.667. The summed E-state index contributed by atoms with van der Waals surface area (Å²) < 4.78 is 0. The molecule has 116 valence electrons. The minimum absolute atomic E-state index is 0.325. The van der Waals surface area contributed by atoms with Crippen molar-refractivity contribution >= 4 is 0 Å². The van der Waals surface area contributed by atoms with Gasteiger partial charge in [-0.15, -0.1) is 0 Å². The van der Waals surface area contributed by atoms with Crippen molar-refractivity contribution in [3.63, 3.8) is 0 Å². The minimum Gasteiger partial charge on any atom is -0.395 e. The summed E-state index contributed by atoms with van der Waals surface area (Å²) in [6, 6.07) is 11.9. The number of rotatable bonds is 5. The molecule has 0 bridgehead atoms. The van der Waals surface area contributed by atoms with Gasteiger partial charge in [0.05, 0.1) is 6.61 Å². The van der Waals surface area contributed by atoms with Crippen LogP contribution in [0, 0.1) is 0 Å². The Morgan fingerprint density at radius 3 is 2.48 bits per heavy atom. The van der Waals surface area contributed by atoms with E-state index in [-0.39, 0.29) is 0 Å². The second-order valence-electron chi connectivity index (χ2n) is 6.58. The maximum atomic E-state index is 9.51. The van der Waals surface area contributed by atoms with Crippen molar-refractivity contribution in [3.8, 4) is 0 Å². The van der Waals surface area contributed by atoms with Crippen LogP contribution in [0.5, 0.6) is 0 Å². The van der Waals surface area contributed by atoms with Gasteiger partial charge in [-0.2, -0.15) is 0 Å². The molecule has 2 aliphatic heterocycles. The summed E-state index contributed by atoms with van der Waals surface area (Å²) in [6.07, 6.45) is 6.40. The Labute approximate surface area is 128 Å². The number of piperidine rings is 1. The van der Waals surface area contributed by atoms with Crippen LogP contribution in [0.4, 0.5) is 0 Å². The predicted molar refractivity (Wildman–Crippen MR) is 86.2 cm³/mol. The van der Waals surface area contributed by atoms with Crippen LogP contribution >= 0.6 is 0 Å². The van der Waals surface area contributed by atoms with Crippen LogP contribution in [0.3, 0.4) is 0 Å². The zero-order chi connectivity index (χ0) is 14.5. The molecule has 0 amide bonds. The largest absolute Gasteiger partial charge is 0.395 e. The lowest BCUT2D eigenvalue weighted by Crippen LogP contribution is -2.48. The quantitative estimate of drug-likeness (QED) is 0.902. The first kappa shape index (κ1) is 15.0. The Morgan fingerprint density at radius 2 is 1.67 bits per heavy atom. The number of benzene rings is 1. The SMILES string of the molecule is OC[C@@H]1CCCN1C[C@@H]1CCCCN1Cc1ccccc1. The van der Waals surface area contributed by atoms with Gasteiger partial charge >= 0.3 is 0 Å². The van der Waals surface area contributed by atoms with E-state index in [1.54, 1.807) is 0 Å². The molecule has 0 spiro atoms. The average molecular weight is 288 g/mol. The summed E-state index contributed by atoms with van der Waals surface area (Å²) in [6.45, 7) is 4.92. The van der Waals surface area contributed by atoms with Crippen molar-refractivity contribution in [3.05, 3.63) is 35.9 Å². The molecule has 0 unspecified atom stereocenters. The van der Waals surface area contributed by atoms with E-state index in [1.807, 2.05) is 0 Å². The van der Waals surface area contributed by atoms with E-state index in [0.29, 0.717) is 18.7 Å². The van der Waals surface area contributed by atoms with Crippen molar-refractivity contribution in [1.82, 2.24) is 9.80 Å². The summed E-state index contributed by atoms with van der Waals surface area (Å²) in [5.74, 6) is 0. The highest BCUT2D eigenvalue weighted by atomic mass is 16.3. The fourth-order valence-corrected chi connectivity index (χ4v) is 3.91. The van der Waals surface area contributed by atoms with Crippen LogP contribution in [0.15, 0.2) is 30.3 Å². The van der Waals surface area contributed by atoms with E-state index in [0.717, 1.165) is 13.1 Å². The van der Waals surface area contributed by atoms with Crippen LogP contribution in [0.1, 0.15) is 37.7 Å². The number of aliphatic hydroxyl groups is 1. The van der Waals surface area contributed by atoms with Crippen LogP contribution in [0.2, 0.25) is 0 Å². The van der Waals surface area contributed by atoms with Gasteiger partial charge in [-0.3, -0.25) is 9.80 Å². The Bertz CT molecular complexity index is 422. The normalized spacial score (nSPS) is 28.0. The highest BCUT2D eigenvalue weighted by Gasteiger charge is 2.29. The molecule has 0 aromatic heterocycles. The third-order valence-electron chi connectivity index (χ3n) is 5.13. The summed E-state index contributed by atoms with van der Waals surface area (Å²) in [7, 11) is 0. The maximum absolute atomic E-state index is 9.51. The molecule has 3 rings (SSSR count). The highest BCUT2D eigenvalue weighted by molar-refractivity contribution is 5.14. The van der Waals surface area contributed by atoms with Crippen molar-refractivity contribution in [1.29, 1.82) is 0 Å². The second kappa shape index (κ2) is 7.39. The van der Waals surface area contributed by atoms with Gasteiger partial charge in [0.1, 0.15) is 0 Å². The topological polar surface area (TPSA) is 26.7 Å². The molecule has 1 aromatic carbocycles. The number of hydrogen-bond acceptors (Lipinski definition) is 3. The molecule has 2 aliphatic rings. The van der Waals surface area contributed by atoms with Gasteiger partial charge in [-0.25, -0.2) is 0 Å². The number of nitrogens with zero attached hydrogens (tertiary/aromatic N) is 2. The first-order valence-electron chi connectivity index (χ1n) is 8.49. The van der Waals surface area contributed by atoms with Gasteiger partial charge in [0.2, 0.25) is 0 Å². The van der Waals surface area contributed by atoms with Gasteiger partial charge in [0, 0.05) is 25.2 Å². The average Bonchev–Trinajstić information content (AvgIpc) is 2.97. The molecular weight excluding hydrogens is 260 g/mol. The predicted octanol–water partition coefficient (Wildman–Crippen LogP) is 2.50. The van der Waals surface area contributed by atoms with Crippen LogP contribution < -0.4 is 0 Å². The van der Waals surface area contributed by atoms with Gasteiger partial charge in [0.25, 0.3) is 0 Å². The molecule has 0 saturated carbocycles. The molecule has 2 atom stereocenters. The molecule has 1 aromatic rings. The lowest BCUT2D eigenvalue weighted by atomic mass is 10.00. The monoisotopic (exact) mass is 288 g/mol. The first-order chi connectivity index (χ1) is 10.4. The minimum atomic E-state index is 0.325. The van der Waals surface area contributed by atoms with Gasteiger partial charge in [-0.1, -0.05) is 36.8 Å². The molecular formula is C18H28N2O. The van der Waals surface area contributed by atoms with E-state index < -0.39 is 0 Å². The van der Waals surface area contributed by atoms with Crippen molar-refractivity contribution < 1.29 is 5.11 Å². The third-order valence-corrected chi connectivity index (χ3v) is 5.13. The van der Waals surface area contributed by atoms with Gasteiger partial charge < -0.3 is 5.11 Å².